The number of allylic oxidation sites excluding steroid dienone is 1. The number of pyridine rings is 1. The lowest BCUT2D eigenvalue weighted by molar-refractivity contribution is 0.174. The Bertz CT molecular complexity index is 1320. The molecule has 0 saturated heterocycles. The van der Waals surface area contributed by atoms with Crippen LogP contribution in [0.2, 0.25) is 0 Å². The van der Waals surface area contributed by atoms with Crippen LogP contribution in [0.1, 0.15) is 16.7 Å². The van der Waals surface area contributed by atoms with E-state index in [0.717, 1.165) is 10.1 Å². The SMILES string of the molecule is O=c1[nH]c(=O)n(Cc2ccc3c(c2)OCO3)c(O)c1/C=C1/C=Nc2ncccc21. The van der Waals surface area contributed by atoms with Gasteiger partial charge in [0, 0.05) is 23.5 Å². The number of rotatable bonds is 3. The molecular weight excluding hydrogens is 376 g/mol. The van der Waals surface area contributed by atoms with E-state index in [9.17, 15) is 14.7 Å². The van der Waals surface area contributed by atoms with Crippen LogP contribution in [0.5, 0.6) is 17.4 Å². The average molecular weight is 390 g/mol. The molecule has 0 spiro atoms. The van der Waals surface area contributed by atoms with E-state index in [0.29, 0.717) is 28.5 Å². The second-order valence-electron chi connectivity index (χ2n) is 6.50. The van der Waals surface area contributed by atoms with Crippen molar-refractivity contribution in [3.63, 3.8) is 0 Å². The number of hydrogen-bond acceptors (Lipinski definition) is 7. The van der Waals surface area contributed by atoms with Crippen molar-refractivity contribution < 1.29 is 14.6 Å². The number of aliphatic imine (C=N–C) groups is 1. The van der Waals surface area contributed by atoms with Gasteiger partial charge in [0.05, 0.1) is 6.54 Å². The summed E-state index contributed by atoms with van der Waals surface area (Å²) in [6.45, 7) is 0.179. The Morgan fingerprint density at radius 3 is 2.97 bits per heavy atom. The average Bonchev–Trinajstić information content (AvgIpc) is 3.35. The fourth-order valence-electron chi connectivity index (χ4n) is 3.27. The number of aromatic nitrogens is 3. The molecule has 0 atom stereocenters. The number of nitrogens with zero attached hydrogens (tertiary/aromatic N) is 3. The Balaban J connectivity index is 1.57. The smallest absolute Gasteiger partial charge is 0.331 e. The molecule has 9 heteroatoms. The second kappa shape index (κ2) is 6.48. The molecule has 144 valence electrons. The number of benzene rings is 1. The summed E-state index contributed by atoms with van der Waals surface area (Å²) in [6, 6.07) is 8.78. The number of hydrogen-bond donors (Lipinski definition) is 2. The number of aromatic hydroxyl groups is 1. The monoisotopic (exact) mass is 390 g/mol. The molecule has 0 fully saturated rings. The van der Waals surface area contributed by atoms with E-state index < -0.39 is 17.1 Å². The molecule has 0 bridgehead atoms. The van der Waals surface area contributed by atoms with Crippen LogP contribution >= 0.6 is 0 Å². The summed E-state index contributed by atoms with van der Waals surface area (Å²) in [4.78, 5) is 35.3. The summed E-state index contributed by atoms with van der Waals surface area (Å²) in [5.74, 6) is 1.27. The fraction of sp³-hybridized carbons (Fsp3) is 0.100. The van der Waals surface area contributed by atoms with Crippen LogP contribution < -0.4 is 20.7 Å². The highest BCUT2D eigenvalue weighted by Gasteiger charge is 2.19. The molecule has 0 unspecified atom stereocenters. The van der Waals surface area contributed by atoms with Gasteiger partial charge in [-0.05, 0) is 35.9 Å². The molecule has 29 heavy (non-hydrogen) atoms. The lowest BCUT2D eigenvalue weighted by Gasteiger charge is -2.11. The molecule has 3 aromatic rings. The minimum atomic E-state index is -0.713. The normalized spacial score (nSPS) is 15.1. The van der Waals surface area contributed by atoms with E-state index in [4.69, 9.17) is 9.47 Å². The van der Waals surface area contributed by atoms with Crippen molar-refractivity contribution in [2.24, 2.45) is 4.99 Å². The number of fused-ring (bicyclic) bond motifs is 2. The standard InChI is InChI=1S/C20H14N4O5/c25-18-14(7-12-8-22-17-13(12)2-1-5-21-17)19(26)24(20(27)23-18)9-11-3-4-15-16(6-11)29-10-28-15/h1-8,26H,9-10H2,(H,23,25,27)/b12-7-. The van der Waals surface area contributed by atoms with Crippen LogP contribution in [0.3, 0.4) is 0 Å². The molecular formula is C20H14N4O5. The van der Waals surface area contributed by atoms with Crippen LogP contribution in [-0.2, 0) is 6.54 Å². The maximum absolute atomic E-state index is 12.3. The van der Waals surface area contributed by atoms with Gasteiger partial charge in [0.15, 0.2) is 17.3 Å². The van der Waals surface area contributed by atoms with Crippen LogP contribution in [0.15, 0.2) is 51.1 Å². The van der Waals surface area contributed by atoms with E-state index >= 15 is 0 Å². The van der Waals surface area contributed by atoms with E-state index in [1.54, 1.807) is 36.7 Å². The summed E-state index contributed by atoms with van der Waals surface area (Å²) < 4.78 is 11.7. The molecule has 2 aliphatic heterocycles. The molecule has 0 amide bonds. The van der Waals surface area contributed by atoms with Gasteiger partial charge in [0.1, 0.15) is 5.56 Å². The molecule has 4 heterocycles. The summed E-state index contributed by atoms with van der Waals surface area (Å²) in [6.07, 6.45) is 4.67. The lowest BCUT2D eigenvalue weighted by atomic mass is 10.1. The summed E-state index contributed by atoms with van der Waals surface area (Å²) >= 11 is 0. The topological polar surface area (TPSA) is 119 Å². The fourth-order valence-corrected chi connectivity index (χ4v) is 3.27. The van der Waals surface area contributed by atoms with Gasteiger partial charge in [0.25, 0.3) is 5.56 Å². The highest BCUT2D eigenvalue weighted by atomic mass is 16.7. The van der Waals surface area contributed by atoms with Crippen LogP contribution in [0.4, 0.5) is 5.82 Å². The Morgan fingerprint density at radius 2 is 2.07 bits per heavy atom. The molecule has 0 saturated carbocycles. The van der Waals surface area contributed by atoms with Gasteiger partial charge in [-0.1, -0.05) is 6.07 Å². The minimum Gasteiger partial charge on any atom is -0.494 e. The first-order chi connectivity index (χ1) is 14.1. The van der Waals surface area contributed by atoms with Crippen LogP contribution in [-0.4, -0.2) is 32.6 Å². The largest absolute Gasteiger partial charge is 0.494 e. The third-order valence-corrected chi connectivity index (χ3v) is 4.71. The first-order valence-electron chi connectivity index (χ1n) is 8.76. The van der Waals surface area contributed by atoms with Gasteiger partial charge in [-0.15, -0.1) is 0 Å². The highest BCUT2D eigenvalue weighted by Crippen LogP contribution is 2.33. The first kappa shape index (κ1) is 17.0. The zero-order valence-electron chi connectivity index (χ0n) is 15.0. The lowest BCUT2D eigenvalue weighted by Crippen LogP contribution is -2.31. The van der Waals surface area contributed by atoms with E-state index in [2.05, 4.69) is 15.0 Å². The molecule has 2 aliphatic rings. The second-order valence-corrected chi connectivity index (χ2v) is 6.50. The van der Waals surface area contributed by atoms with E-state index in [1.807, 2.05) is 6.07 Å². The van der Waals surface area contributed by atoms with Gasteiger partial charge in [0.2, 0.25) is 12.7 Å². The number of H-pyrrole nitrogens is 1. The van der Waals surface area contributed by atoms with Crippen molar-refractivity contribution in [1.82, 2.24) is 14.5 Å². The van der Waals surface area contributed by atoms with Gasteiger partial charge in [-0.25, -0.2) is 14.8 Å². The van der Waals surface area contributed by atoms with Crippen LogP contribution in [0.25, 0.3) is 11.6 Å². The Kier molecular flexibility index (Phi) is 3.80. The van der Waals surface area contributed by atoms with Gasteiger partial charge in [-0.3, -0.25) is 14.3 Å². The van der Waals surface area contributed by atoms with Crippen molar-refractivity contribution in [3.05, 3.63) is 74.1 Å². The Morgan fingerprint density at radius 1 is 1.21 bits per heavy atom. The summed E-state index contributed by atoms with van der Waals surface area (Å²) in [7, 11) is 0. The predicted octanol–water partition coefficient (Wildman–Crippen LogP) is 1.67. The molecule has 0 aliphatic carbocycles. The number of aromatic amines is 1. The maximum atomic E-state index is 12.3. The van der Waals surface area contributed by atoms with Crippen molar-refractivity contribution in [2.45, 2.75) is 6.54 Å². The minimum absolute atomic E-state index is 0.0384. The molecule has 2 aromatic heterocycles. The quantitative estimate of drug-likeness (QED) is 0.702. The third-order valence-electron chi connectivity index (χ3n) is 4.71. The summed E-state index contributed by atoms with van der Waals surface area (Å²) in [5.41, 5.74) is 0.613. The van der Waals surface area contributed by atoms with Crippen LogP contribution in [0, 0.1) is 0 Å². The molecule has 1 aromatic carbocycles. The maximum Gasteiger partial charge on any atom is 0.331 e. The van der Waals surface area contributed by atoms with E-state index in [1.165, 1.54) is 6.08 Å². The Hall–Kier alpha value is -4.14. The molecule has 9 nitrogen and oxygen atoms in total. The first-order valence-corrected chi connectivity index (χ1v) is 8.76. The van der Waals surface area contributed by atoms with Crippen molar-refractivity contribution >= 4 is 23.7 Å². The van der Waals surface area contributed by atoms with Crippen molar-refractivity contribution in [3.8, 4) is 17.4 Å². The summed E-state index contributed by atoms with van der Waals surface area (Å²) in [5, 5.41) is 10.7. The van der Waals surface area contributed by atoms with E-state index in [-0.39, 0.29) is 18.9 Å². The van der Waals surface area contributed by atoms with Gasteiger partial charge >= 0.3 is 5.69 Å². The van der Waals surface area contributed by atoms with Gasteiger partial charge in [-0.2, -0.15) is 0 Å². The predicted molar refractivity (Wildman–Crippen MR) is 105 cm³/mol. The number of ether oxygens (including phenoxy) is 2. The van der Waals surface area contributed by atoms with Crippen molar-refractivity contribution in [2.75, 3.05) is 6.79 Å². The molecule has 2 N–H and O–H groups in total. The zero-order chi connectivity index (χ0) is 20.0. The van der Waals surface area contributed by atoms with Crippen molar-refractivity contribution in [1.29, 1.82) is 0 Å². The molecule has 5 rings (SSSR count). The Labute approximate surface area is 163 Å². The zero-order valence-corrected chi connectivity index (χ0v) is 15.0. The number of nitrogens with one attached hydrogen (secondary N) is 1. The third kappa shape index (κ3) is 2.89. The highest BCUT2D eigenvalue weighted by molar-refractivity contribution is 6.21. The van der Waals surface area contributed by atoms with Gasteiger partial charge < -0.3 is 14.6 Å². The molecule has 0 radical (unpaired) electrons.